The van der Waals surface area contributed by atoms with Crippen LogP contribution in [-0.2, 0) is 4.79 Å². The molecule has 28 heavy (non-hydrogen) atoms. The summed E-state index contributed by atoms with van der Waals surface area (Å²) in [6.07, 6.45) is 1.15. The monoisotopic (exact) mass is 382 g/mol. The molecule has 1 spiro atoms. The number of anilines is 1. The third-order valence-electron chi connectivity index (χ3n) is 6.17. The summed E-state index contributed by atoms with van der Waals surface area (Å²) in [5.74, 6) is 0.976. The molecular formula is C21H26N4O3. The molecule has 3 N–H and O–H groups in total. The molecule has 2 fully saturated rings. The van der Waals surface area contributed by atoms with Gasteiger partial charge in [0.25, 0.3) is 0 Å². The maximum atomic E-state index is 11.9. The third-order valence-corrected chi connectivity index (χ3v) is 6.17. The number of amides is 1. The zero-order valence-corrected chi connectivity index (χ0v) is 16.0. The Balaban J connectivity index is 1.58. The lowest BCUT2D eigenvalue weighted by atomic mass is 9.95. The average Bonchev–Trinajstić information content (AvgIpc) is 3.21. The van der Waals surface area contributed by atoms with Crippen LogP contribution in [0.1, 0.15) is 23.6 Å². The lowest BCUT2D eigenvalue weighted by Gasteiger charge is -2.18. The number of β-amino-alcohol motifs (C(OH)–C–C–N with tert-alkyl or cyclic N) is 1. The highest BCUT2D eigenvalue weighted by Gasteiger charge is 2.71. The molecule has 7 nitrogen and oxygen atoms in total. The Hall–Kier alpha value is -2.51. The van der Waals surface area contributed by atoms with Crippen LogP contribution in [0.3, 0.4) is 0 Å². The second kappa shape index (κ2) is 7.48. The lowest BCUT2D eigenvalue weighted by molar-refractivity contribution is -0.121. The fraction of sp³-hybridized carbons (Fsp3) is 0.476. The Morgan fingerprint density at radius 2 is 2.11 bits per heavy atom. The van der Waals surface area contributed by atoms with Crippen molar-refractivity contribution in [1.29, 1.82) is 0 Å². The molecule has 1 saturated heterocycles. The number of aryl methyl sites for hydroxylation is 1. The summed E-state index contributed by atoms with van der Waals surface area (Å²) in [6.45, 7) is 3.46. The molecule has 0 radical (unpaired) electrons. The van der Waals surface area contributed by atoms with Crippen molar-refractivity contribution >= 4 is 11.7 Å². The van der Waals surface area contributed by atoms with Crippen molar-refractivity contribution in [3.05, 3.63) is 54.0 Å². The van der Waals surface area contributed by atoms with Crippen LogP contribution in [0.4, 0.5) is 5.82 Å². The number of hydrogen-bond acceptors (Lipinski definition) is 6. The van der Waals surface area contributed by atoms with Crippen LogP contribution in [0.5, 0.6) is 0 Å². The Labute approximate surface area is 164 Å². The predicted molar refractivity (Wildman–Crippen MR) is 105 cm³/mol. The second-order valence-electron chi connectivity index (χ2n) is 7.80. The molecule has 2 aromatic rings. The van der Waals surface area contributed by atoms with Gasteiger partial charge in [-0.25, -0.2) is 9.97 Å². The highest BCUT2D eigenvalue weighted by Crippen LogP contribution is 2.68. The molecule has 2 aliphatic rings. The van der Waals surface area contributed by atoms with Crippen molar-refractivity contribution in [2.75, 3.05) is 31.1 Å². The normalized spacial score (nSPS) is 28.5. The van der Waals surface area contributed by atoms with Crippen LogP contribution in [0.25, 0.3) is 0 Å². The first-order valence-electron chi connectivity index (χ1n) is 9.70. The van der Waals surface area contributed by atoms with E-state index >= 15 is 0 Å². The Bertz CT molecular complexity index is 847. The molecule has 1 aromatic heterocycles. The fourth-order valence-electron chi connectivity index (χ4n) is 4.80. The molecule has 7 heteroatoms. The quantitative estimate of drug-likeness (QED) is 0.686. The van der Waals surface area contributed by atoms with Gasteiger partial charge >= 0.3 is 0 Å². The summed E-state index contributed by atoms with van der Waals surface area (Å²) in [5.41, 5.74) is 1.76. The van der Waals surface area contributed by atoms with E-state index in [0.717, 1.165) is 11.5 Å². The molecule has 1 aromatic carbocycles. The zero-order valence-electron chi connectivity index (χ0n) is 16.0. The minimum absolute atomic E-state index is 0.102. The molecule has 148 valence electrons. The number of carbonyl (C=O) groups excluding carboxylic acids is 1. The third kappa shape index (κ3) is 3.25. The van der Waals surface area contributed by atoms with Crippen molar-refractivity contribution in [3.8, 4) is 0 Å². The molecule has 1 amide bonds. The molecule has 4 rings (SSSR count). The number of aromatic nitrogens is 2. The van der Waals surface area contributed by atoms with Crippen LogP contribution < -0.4 is 10.2 Å². The summed E-state index contributed by atoms with van der Waals surface area (Å²) in [7, 11) is 0. The first kappa shape index (κ1) is 18.8. The first-order chi connectivity index (χ1) is 13.6. The molecule has 0 unspecified atom stereocenters. The van der Waals surface area contributed by atoms with Gasteiger partial charge in [0.15, 0.2) is 0 Å². The summed E-state index contributed by atoms with van der Waals surface area (Å²) < 4.78 is 0. The number of carbonyl (C=O) groups is 1. The van der Waals surface area contributed by atoms with Crippen molar-refractivity contribution in [2.24, 2.45) is 11.3 Å². The van der Waals surface area contributed by atoms with Crippen molar-refractivity contribution < 1.29 is 15.0 Å². The largest absolute Gasteiger partial charge is 0.396 e. The topological polar surface area (TPSA) is 98.6 Å². The fourth-order valence-corrected chi connectivity index (χ4v) is 4.80. The van der Waals surface area contributed by atoms with Gasteiger partial charge in [0.05, 0.1) is 12.7 Å². The van der Waals surface area contributed by atoms with Crippen LogP contribution in [0, 0.1) is 18.3 Å². The van der Waals surface area contributed by atoms with Gasteiger partial charge < -0.3 is 20.4 Å². The van der Waals surface area contributed by atoms with Gasteiger partial charge in [0.2, 0.25) is 5.91 Å². The van der Waals surface area contributed by atoms with E-state index in [4.69, 9.17) is 5.11 Å². The number of hydrogen-bond donors (Lipinski definition) is 3. The van der Waals surface area contributed by atoms with E-state index in [2.05, 4.69) is 32.3 Å². The standard InChI is InChI=1S/C21H26N4O3/c1-14-9-18(24-13-23-14)25-11-17(27)21(12-25)16(10-22-19(28)7-8-26)20(21)15-5-3-2-4-6-15/h2-6,9,13,16-17,20,26-27H,7-8,10-12H2,1H3,(H,22,28)/t16-,17-,20-,21-/m1/s1. The summed E-state index contributed by atoms with van der Waals surface area (Å²) >= 11 is 0. The highest BCUT2D eigenvalue weighted by atomic mass is 16.3. The first-order valence-corrected chi connectivity index (χ1v) is 9.70. The van der Waals surface area contributed by atoms with Crippen molar-refractivity contribution in [1.82, 2.24) is 15.3 Å². The van der Waals surface area contributed by atoms with E-state index in [9.17, 15) is 9.90 Å². The Kier molecular flexibility index (Phi) is 5.03. The zero-order chi connectivity index (χ0) is 19.7. The molecule has 4 atom stereocenters. The SMILES string of the molecule is Cc1cc(N2C[C@@H](O)[C@@]3(C2)[C@H](CNC(=O)CCO)[C@H]3c2ccccc2)ncn1. The summed E-state index contributed by atoms with van der Waals surface area (Å²) in [6, 6.07) is 12.1. The van der Waals surface area contributed by atoms with Crippen LogP contribution in [0.15, 0.2) is 42.7 Å². The number of rotatable bonds is 6. The smallest absolute Gasteiger partial charge is 0.222 e. The maximum absolute atomic E-state index is 11.9. The molecule has 0 bridgehead atoms. The van der Waals surface area contributed by atoms with E-state index in [0.29, 0.717) is 19.6 Å². The van der Waals surface area contributed by atoms with E-state index < -0.39 is 6.10 Å². The number of nitrogens with one attached hydrogen (secondary N) is 1. The molecule has 2 heterocycles. The number of aliphatic hydroxyl groups excluding tert-OH is 2. The van der Waals surface area contributed by atoms with Crippen LogP contribution >= 0.6 is 0 Å². The van der Waals surface area contributed by atoms with Gasteiger partial charge in [-0.15, -0.1) is 0 Å². The van der Waals surface area contributed by atoms with Crippen molar-refractivity contribution in [3.63, 3.8) is 0 Å². The molecular weight excluding hydrogens is 356 g/mol. The highest BCUT2D eigenvalue weighted by molar-refractivity contribution is 5.76. The van der Waals surface area contributed by atoms with Gasteiger partial charge in [-0.05, 0) is 24.3 Å². The van der Waals surface area contributed by atoms with Gasteiger partial charge in [-0.1, -0.05) is 30.3 Å². The van der Waals surface area contributed by atoms with Gasteiger partial charge in [0, 0.05) is 43.2 Å². The van der Waals surface area contributed by atoms with E-state index in [1.807, 2.05) is 31.2 Å². The molecule has 1 saturated carbocycles. The van der Waals surface area contributed by atoms with E-state index in [-0.39, 0.29) is 36.2 Å². The van der Waals surface area contributed by atoms with E-state index in [1.165, 1.54) is 5.56 Å². The maximum Gasteiger partial charge on any atom is 0.222 e. The van der Waals surface area contributed by atoms with E-state index in [1.54, 1.807) is 6.33 Å². The van der Waals surface area contributed by atoms with Crippen LogP contribution in [0.2, 0.25) is 0 Å². The predicted octanol–water partition coefficient (Wildman–Crippen LogP) is 0.865. The second-order valence-corrected chi connectivity index (χ2v) is 7.80. The average molecular weight is 382 g/mol. The summed E-state index contributed by atoms with van der Waals surface area (Å²) in [4.78, 5) is 22.5. The minimum Gasteiger partial charge on any atom is -0.396 e. The number of aliphatic hydroxyl groups is 2. The van der Waals surface area contributed by atoms with Gasteiger partial charge in [-0.2, -0.15) is 0 Å². The summed E-state index contributed by atoms with van der Waals surface area (Å²) in [5, 5.41) is 22.9. The lowest BCUT2D eigenvalue weighted by Crippen LogP contribution is -2.30. The minimum atomic E-state index is -0.507. The van der Waals surface area contributed by atoms with Crippen LogP contribution in [-0.4, -0.2) is 58.4 Å². The van der Waals surface area contributed by atoms with Gasteiger partial charge in [0.1, 0.15) is 12.1 Å². The molecule has 1 aliphatic heterocycles. The molecule has 1 aliphatic carbocycles. The Morgan fingerprint density at radius 3 is 2.82 bits per heavy atom. The van der Waals surface area contributed by atoms with Gasteiger partial charge in [-0.3, -0.25) is 4.79 Å². The Morgan fingerprint density at radius 1 is 1.32 bits per heavy atom. The van der Waals surface area contributed by atoms with Crippen molar-refractivity contribution in [2.45, 2.75) is 25.4 Å². The number of benzene rings is 1. The number of nitrogens with zero attached hydrogens (tertiary/aromatic N) is 3.